The Morgan fingerprint density at radius 2 is 1.85 bits per heavy atom. The molecular weight excluding hydrogens is 371 g/mol. The van der Waals surface area contributed by atoms with Crippen molar-refractivity contribution < 1.29 is 17.6 Å². The van der Waals surface area contributed by atoms with E-state index in [9.17, 15) is 17.6 Å². The van der Waals surface area contributed by atoms with Crippen molar-refractivity contribution >= 4 is 27.4 Å². The zero-order valence-electron chi connectivity index (χ0n) is 15.5. The third-order valence-corrected chi connectivity index (χ3v) is 5.46. The van der Waals surface area contributed by atoms with Crippen molar-refractivity contribution in [2.24, 2.45) is 0 Å². The molecular formula is C18H23FN4O3S. The van der Waals surface area contributed by atoms with Gasteiger partial charge in [-0.3, -0.25) is 4.79 Å². The number of carbonyl (C=O) groups excluding carboxylic acids is 1. The third-order valence-electron chi connectivity index (χ3n) is 3.92. The number of nitrogens with one attached hydrogen (secondary N) is 2. The van der Waals surface area contributed by atoms with Crippen LogP contribution < -0.4 is 14.9 Å². The Morgan fingerprint density at radius 1 is 1.15 bits per heavy atom. The van der Waals surface area contributed by atoms with Gasteiger partial charge in [-0.1, -0.05) is 6.92 Å². The molecule has 0 aliphatic rings. The normalized spacial score (nSPS) is 11.3. The predicted molar refractivity (Wildman–Crippen MR) is 103 cm³/mol. The summed E-state index contributed by atoms with van der Waals surface area (Å²) in [6.07, 6.45) is 1.47. The van der Waals surface area contributed by atoms with Gasteiger partial charge in [0.2, 0.25) is 10.0 Å². The van der Waals surface area contributed by atoms with E-state index in [4.69, 9.17) is 0 Å². The highest BCUT2D eigenvalue weighted by Gasteiger charge is 2.19. The van der Waals surface area contributed by atoms with Gasteiger partial charge in [0.15, 0.2) is 0 Å². The van der Waals surface area contributed by atoms with Gasteiger partial charge in [0.25, 0.3) is 5.91 Å². The molecule has 0 spiro atoms. The SMILES string of the molecule is CCNS(=O)(=O)c1ccc(F)c(C(=O)Nc2ccc(N(CC)CC)nc2)c1. The van der Waals surface area contributed by atoms with Crippen LogP contribution in [0.2, 0.25) is 0 Å². The maximum absolute atomic E-state index is 14.1. The number of rotatable bonds is 8. The lowest BCUT2D eigenvalue weighted by Crippen LogP contribution is -2.24. The van der Waals surface area contributed by atoms with E-state index in [-0.39, 0.29) is 17.0 Å². The van der Waals surface area contributed by atoms with E-state index in [1.807, 2.05) is 18.7 Å². The Hall–Kier alpha value is -2.52. The van der Waals surface area contributed by atoms with Crippen LogP contribution in [0.15, 0.2) is 41.4 Å². The molecule has 0 atom stereocenters. The summed E-state index contributed by atoms with van der Waals surface area (Å²) in [5, 5.41) is 2.54. The Labute approximate surface area is 158 Å². The molecule has 146 valence electrons. The molecule has 9 heteroatoms. The molecule has 0 radical (unpaired) electrons. The summed E-state index contributed by atoms with van der Waals surface area (Å²) < 4.78 is 40.5. The summed E-state index contributed by atoms with van der Waals surface area (Å²) in [5.41, 5.74) is 0.0250. The summed E-state index contributed by atoms with van der Waals surface area (Å²) in [6, 6.07) is 6.51. The maximum Gasteiger partial charge on any atom is 0.258 e. The largest absolute Gasteiger partial charge is 0.357 e. The summed E-state index contributed by atoms with van der Waals surface area (Å²) in [5.74, 6) is -0.794. The van der Waals surface area contributed by atoms with E-state index in [1.54, 1.807) is 19.1 Å². The van der Waals surface area contributed by atoms with Gasteiger partial charge in [-0.25, -0.2) is 22.5 Å². The number of hydrogen-bond acceptors (Lipinski definition) is 5. The molecule has 1 heterocycles. The Kier molecular flexibility index (Phi) is 6.86. The van der Waals surface area contributed by atoms with Crippen molar-refractivity contribution in [2.75, 3.05) is 29.9 Å². The number of hydrogen-bond donors (Lipinski definition) is 2. The fourth-order valence-electron chi connectivity index (χ4n) is 2.51. The zero-order chi connectivity index (χ0) is 20.0. The number of nitrogens with zero attached hydrogens (tertiary/aromatic N) is 2. The number of halogens is 1. The molecule has 0 bridgehead atoms. The fourth-order valence-corrected chi connectivity index (χ4v) is 3.58. The minimum Gasteiger partial charge on any atom is -0.357 e. The quantitative estimate of drug-likeness (QED) is 0.718. The molecule has 0 unspecified atom stereocenters. The molecule has 7 nitrogen and oxygen atoms in total. The van der Waals surface area contributed by atoms with Gasteiger partial charge in [0.05, 0.1) is 22.3 Å². The lowest BCUT2D eigenvalue weighted by Gasteiger charge is -2.19. The highest BCUT2D eigenvalue weighted by molar-refractivity contribution is 7.89. The molecule has 0 aliphatic carbocycles. The number of carbonyl (C=O) groups is 1. The van der Waals surface area contributed by atoms with Crippen molar-refractivity contribution in [3.8, 4) is 0 Å². The Morgan fingerprint density at radius 3 is 2.41 bits per heavy atom. The van der Waals surface area contributed by atoms with Gasteiger partial charge in [0, 0.05) is 19.6 Å². The average Bonchev–Trinajstić information content (AvgIpc) is 2.64. The Balaban J connectivity index is 2.23. The van der Waals surface area contributed by atoms with Gasteiger partial charge in [0.1, 0.15) is 11.6 Å². The molecule has 2 N–H and O–H groups in total. The highest BCUT2D eigenvalue weighted by Crippen LogP contribution is 2.18. The number of pyridine rings is 1. The molecule has 2 rings (SSSR count). The van der Waals surface area contributed by atoms with Gasteiger partial charge in [-0.2, -0.15) is 0 Å². The molecule has 0 fully saturated rings. The summed E-state index contributed by atoms with van der Waals surface area (Å²) in [6.45, 7) is 7.44. The topological polar surface area (TPSA) is 91.4 Å². The van der Waals surface area contributed by atoms with E-state index in [0.29, 0.717) is 5.69 Å². The van der Waals surface area contributed by atoms with Crippen molar-refractivity contribution in [1.29, 1.82) is 0 Å². The number of aromatic nitrogens is 1. The average molecular weight is 394 g/mol. The highest BCUT2D eigenvalue weighted by atomic mass is 32.2. The molecule has 0 aliphatic heterocycles. The third kappa shape index (κ3) is 5.01. The lowest BCUT2D eigenvalue weighted by atomic mass is 10.2. The van der Waals surface area contributed by atoms with E-state index < -0.39 is 21.7 Å². The van der Waals surface area contributed by atoms with Crippen LogP contribution in [0.4, 0.5) is 15.9 Å². The molecule has 1 aromatic carbocycles. The van der Waals surface area contributed by atoms with Gasteiger partial charge in [-0.15, -0.1) is 0 Å². The maximum atomic E-state index is 14.1. The first-order valence-electron chi connectivity index (χ1n) is 8.63. The summed E-state index contributed by atoms with van der Waals surface area (Å²) in [7, 11) is -3.79. The molecule has 0 saturated heterocycles. The second kappa shape index (κ2) is 8.92. The molecule has 1 amide bonds. The monoisotopic (exact) mass is 394 g/mol. The van der Waals surface area contributed by atoms with Crippen LogP contribution in [0, 0.1) is 5.82 Å². The van der Waals surface area contributed by atoms with E-state index in [0.717, 1.165) is 37.1 Å². The minimum absolute atomic E-state index is 0.175. The van der Waals surface area contributed by atoms with Gasteiger partial charge < -0.3 is 10.2 Å². The van der Waals surface area contributed by atoms with E-state index in [2.05, 4.69) is 15.0 Å². The number of sulfonamides is 1. The van der Waals surface area contributed by atoms with E-state index >= 15 is 0 Å². The zero-order valence-corrected chi connectivity index (χ0v) is 16.3. The summed E-state index contributed by atoms with van der Waals surface area (Å²) >= 11 is 0. The molecule has 27 heavy (non-hydrogen) atoms. The number of benzene rings is 1. The van der Waals surface area contributed by atoms with Crippen LogP contribution in [-0.2, 0) is 10.0 Å². The van der Waals surface area contributed by atoms with Crippen molar-refractivity contribution in [1.82, 2.24) is 9.71 Å². The minimum atomic E-state index is -3.79. The number of anilines is 2. The molecule has 0 saturated carbocycles. The van der Waals surface area contributed by atoms with Crippen molar-refractivity contribution in [3.05, 3.63) is 47.9 Å². The van der Waals surface area contributed by atoms with Gasteiger partial charge >= 0.3 is 0 Å². The van der Waals surface area contributed by atoms with Crippen LogP contribution >= 0.6 is 0 Å². The first-order chi connectivity index (χ1) is 12.8. The molecule has 2 aromatic rings. The second-order valence-corrected chi connectivity index (χ2v) is 7.44. The van der Waals surface area contributed by atoms with Crippen LogP contribution in [-0.4, -0.2) is 38.9 Å². The second-order valence-electron chi connectivity index (χ2n) is 5.67. The van der Waals surface area contributed by atoms with E-state index in [1.165, 1.54) is 6.20 Å². The van der Waals surface area contributed by atoms with Crippen LogP contribution in [0.25, 0.3) is 0 Å². The fraction of sp³-hybridized carbons (Fsp3) is 0.333. The van der Waals surface area contributed by atoms with Crippen molar-refractivity contribution in [2.45, 2.75) is 25.7 Å². The molecule has 1 aromatic heterocycles. The number of amides is 1. The lowest BCUT2D eigenvalue weighted by molar-refractivity contribution is 0.102. The van der Waals surface area contributed by atoms with Crippen LogP contribution in [0.5, 0.6) is 0 Å². The summed E-state index contributed by atoms with van der Waals surface area (Å²) in [4.78, 5) is 18.5. The predicted octanol–water partition coefficient (Wildman–Crippen LogP) is 2.62. The first kappa shape index (κ1) is 20.8. The Bertz CT molecular complexity index is 897. The van der Waals surface area contributed by atoms with Gasteiger partial charge in [-0.05, 0) is 44.2 Å². The van der Waals surface area contributed by atoms with Crippen LogP contribution in [0.1, 0.15) is 31.1 Å². The first-order valence-corrected chi connectivity index (χ1v) is 10.1. The van der Waals surface area contributed by atoms with Crippen LogP contribution in [0.3, 0.4) is 0 Å². The standard InChI is InChI=1S/C18H23FN4O3S/c1-4-21-27(25,26)14-8-9-16(19)15(11-14)18(24)22-13-7-10-17(20-12-13)23(5-2)6-3/h7-12,21H,4-6H2,1-3H3,(H,22,24). The smallest absolute Gasteiger partial charge is 0.258 e. The van der Waals surface area contributed by atoms with Crippen molar-refractivity contribution in [3.63, 3.8) is 0 Å².